The highest BCUT2D eigenvalue weighted by atomic mass is 16.5. The molecule has 1 rings (SSSR count). The van der Waals surface area contributed by atoms with E-state index in [1.165, 1.54) is 12.8 Å². The third kappa shape index (κ3) is 5.33. The van der Waals surface area contributed by atoms with Crippen molar-refractivity contribution in [2.75, 3.05) is 24.2 Å². The van der Waals surface area contributed by atoms with Crippen LogP contribution < -0.4 is 15.8 Å². The monoisotopic (exact) mass is 239 g/mol. The van der Waals surface area contributed by atoms with Gasteiger partial charge in [0.1, 0.15) is 0 Å². The number of nitrogens with zero attached hydrogens (tertiary/aromatic N) is 3. The second-order valence-corrected chi connectivity index (χ2v) is 3.78. The van der Waals surface area contributed by atoms with Crippen molar-refractivity contribution < 1.29 is 4.74 Å². The molecule has 0 saturated heterocycles. The minimum Gasteiger partial charge on any atom is -0.463 e. The molecular weight excluding hydrogens is 218 g/mol. The van der Waals surface area contributed by atoms with Crippen molar-refractivity contribution >= 4 is 11.9 Å². The molecule has 1 aromatic rings. The van der Waals surface area contributed by atoms with Crippen molar-refractivity contribution in [3.63, 3.8) is 0 Å². The third-order valence-corrected chi connectivity index (χ3v) is 2.13. The van der Waals surface area contributed by atoms with Crippen LogP contribution in [0.4, 0.5) is 11.9 Å². The van der Waals surface area contributed by atoms with Crippen LogP contribution in [0.2, 0.25) is 0 Å². The van der Waals surface area contributed by atoms with Crippen LogP contribution >= 0.6 is 0 Å². The number of hydrogen-bond acceptors (Lipinski definition) is 6. The molecule has 1 aromatic heterocycles. The largest absolute Gasteiger partial charge is 0.463 e. The molecule has 0 aliphatic heterocycles. The average molecular weight is 239 g/mol. The normalized spacial score (nSPS) is 10.2. The number of aromatic nitrogens is 3. The molecule has 0 unspecified atom stereocenters. The van der Waals surface area contributed by atoms with E-state index in [-0.39, 0.29) is 12.0 Å². The van der Waals surface area contributed by atoms with E-state index < -0.39 is 0 Å². The second-order valence-electron chi connectivity index (χ2n) is 3.78. The molecule has 0 saturated carbocycles. The number of nitrogens with two attached hydrogens (primary N) is 1. The van der Waals surface area contributed by atoms with Crippen LogP contribution in [0.5, 0.6) is 6.01 Å². The number of anilines is 2. The van der Waals surface area contributed by atoms with Gasteiger partial charge in [0, 0.05) is 6.54 Å². The first-order valence-corrected chi connectivity index (χ1v) is 6.14. The summed E-state index contributed by atoms with van der Waals surface area (Å²) < 4.78 is 5.32. The Hall–Kier alpha value is -1.59. The third-order valence-electron chi connectivity index (χ3n) is 2.13. The molecule has 17 heavy (non-hydrogen) atoms. The van der Waals surface area contributed by atoms with Crippen molar-refractivity contribution in [1.29, 1.82) is 0 Å². The molecule has 0 atom stereocenters. The van der Waals surface area contributed by atoms with Crippen molar-refractivity contribution in [2.45, 2.75) is 39.5 Å². The molecular formula is C11H21N5O. The molecule has 0 aliphatic carbocycles. The van der Waals surface area contributed by atoms with Crippen LogP contribution in [-0.2, 0) is 0 Å². The molecule has 0 aromatic carbocycles. The van der Waals surface area contributed by atoms with Crippen LogP contribution in [0.1, 0.15) is 39.5 Å². The standard InChI is InChI=1S/C11H21N5O/c1-3-5-6-7-13-10-14-9(12)15-11(16-10)17-8-4-2/h3-8H2,1-2H3,(H3,12,13,14,15,16). The van der Waals surface area contributed by atoms with E-state index in [9.17, 15) is 0 Å². The van der Waals surface area contributed by atoms with Crippen LogP contribution in [-0.4, -0.2) is 28.1 Å². The predicted octanol–water partition coefficient (Wildman–Crippen LogP) is 1.84. The van der Waals surface area contributed by atoms with Gasteiger partial charge in [0.15, 0.2) is 0 Å². The van der Waals surface area contributed by atoms with Crippen molar-refractivity contribution in [3.05, 3.63) is 0 Å². The number of rotatable bonds is 8. The van der Waals surface area contributed by atoms with Gasteiger partial charge in [-0.3, -0.25) is 0 Å². The molecule has 0 aliphatic rings. The quantitative estimate of drug-likeness (QED) is 0.673. The molecule has 0 radical (unpaired) electrons. The predicted molar refractivity (Wildman–Crippen MR) is 68.0 cm³/mol. The fourth-order valence-electron chi connectivity index (χ4n) is 1.28. The van der Waals surface area contributed by atoms with Crippen molar-refractivity contribution in [3.8, 4) is 6.01 Å². The molecule has 96 valence electrons. The van der Waals surface area contributed by atoms with E-state index in [1.807, 2.05) is 6.92 Å². The topological polar surface area (TPSA) is 86.0 Å². The second kappa shape index (κ2) is 7.65. The Balaban J connectivity index is 2.50. The van der Waals surface area contributed by atoms with E-state index in [4.69, 9.17) is 10.5 Å². The number of unbranched alkanes of at least 4 members (excludes halogenated alkanes) is 2. The van der Waals surface area contributed by atoms with Crippen LogP contribution in [0.15, 0.2) is 0 Å². The van der Waals surface area contributed by atoms with Gasteiger partial charge in [-0.1, -0.05) is 26.7 Å². The highest BCUT2D eigenvalue weighted by Crippen LogP contribution is 2.09. The van der Waals surface area contributed by atoms with Crippen molar-refractivity contribution in [1.82, 2.24) is 15.0 Å². The Morgan fingerprint density at radius 3 is 2.65 bits per heavy atom. The first-order chi connectivity index (χ1) is 8.26. The van der Waals surface area contributed by atoms with Gasteiger partial charge in [-0.2, -0.15) is 15.0 Å². The summed E-state index contributed by atoms with van der Waals surface area (Å²) in [6.07, 6.45) is 4.37. The summed E-state index contributed by atoms with van der Waals surface area (Å²) >= 11 is 0. The molecule has 0 fully saturated rings. The van der Waals surface area contributed by atoms with Gasteiger partial charge in [0.2, 0.25) is 11.9 Å². The zero-order valence-corrected chi connectivity index (χ0v) is 10.6. The van der Waals surface area contributed by atoms with Gasteiger partial charge < -0.3 is 15.8 Å². The summed E-state index contributed by atoms with van der Waals surface area (Å²) in [5, 5.41) is 3.11. The molecule has 0 bridgehead atoms. The highest BCUT2D eigenvalue weighted by molar-refractivity contribution is 5.32. The minimum absolute atomic E-state index is 0.184. The number of nitrogen functional groups attached to an aromatic ring is 1. The molecule has 0 amide bonds. The lowest BCUT2D eigenvalue weighted by molar-refractivity contribution is 0.292. The first kappa shape index (κ1) is 13.5. The smallest absolute Gasteiger partial charge is 0.323 e. The van der Waals surface area contributed by atoms with E-state index in [0.717, 1.165) is 19.4 Å². The van der Waals surface area contributed by atoms with Gasteiger partial charge in [-0.25, -0.2) is 0 Å². The van der Waals surface area contributed by atoms with Crippen molar-refractivity contribution in [2.24, 2.45) is 0 Å². The minimum atomic E-state index is 0.184. The van der Waals surface area contributed by atoms with E-state index in [0.29, 0.717) is 12.6 Å². The Morgan fingerprint density at radius 1 is 1.12 bits per heavy atom. The maximum Gasteiger partial charge on any atom is 0.323 e. The molecule has 6 heteroatoms. The zero-order chi connectivity index (χ0) is 12.5. The molecule has 3 N–H and O–H groups in total. The van der Waals surface area contributed by atoms with E-state index in [2.05, 4.69) is 27.2 Å². The Morgan fingerprint density at radius 2 is 1.94 bits per heavy atom. The number of ether oxygens (including phenoxy) is 1. The van der Waals surface area contributed by atoms with Crippen LogP contribution in [0.25, 0.3) is 0 Å². The van der Waals surface area contributed by atoms with Crippen LogP contribution in [0, 0.1) is 0 Å². The summed E-state index contributed by atoms with van der Waals surface area (Å²) in [5.74, 6) is 0.670. The number of nitrogens with one attached hydrogen (secondary N) is 1. The number of hydrogen-bond donors (Lipinski definition) is 2. The van der Waals surface area contributed by atoms with Gasteiger partial charge in [0.05, 0.1) is 6.61 Å². The molecule has 1 heterocycles. The first-order valence-electron chi connectivity index (χ1n) is 6.14. The lowest BCUT2D eigenvalue weighted by atomic mass is 10.2. The van der Waals surface area contributed by atoms with Gasteiger partial charge in [0.25, 0.3) is 0 Å². The van der Waals surface area contributed by atoms with Gasteiger partial charge in [-0.05, 0) is 12.8 Å². The maximum atomic E-state index is 5.58. The average Bonchev–Trinajstić information content (AvgIpc) is 2.31. The SMILES string of the molecule is CCCCCNc1nc(N)nc(OCCC)n1. The summed E-state index contributed by atoms with van der Waals surface area (Å²) in [7, 11) is 0. The summed E-state index contributed by atoms with van der Waals surface area (Å²) in [6, 6.07) is 0.289. The van der Waals surface area contributed by atoms with Crippen LogP contribution in [0.3, 0.4) is 0 Å². The lowest BCUT2D eigenvalue weighted by Gasteiger charge is -2.07. The fraction of sp³-hybridized carbons (Fsp3) is 0.727. The maximum absolute atomic E-state index is 5.58. The highest BCUT2D eigenvalue weighted by Gasteiger charge is 2.04. The summed E-state index contributed by atoms with van der Waals surface area (Å²) in [6.45, 7) is 5.61. The van der Waals surface area contributed by atoms with Gasteiger partial charge >= 0.3 is 6.01 Å². The van der Waals surface area contributed by atoms with E-state index in [1.54, 1.807) is 0 Å². The van der Waals surface area contributed by atoms with Gasteiger partial charge in [-0.15, -0.1) is 0 Å². The summed E-state index contributed by atoms with van der Waals surface area (Å²) in [4.78, 5) is 12.0. The Labute approximate surface area is 102 Å². The summed E-state index contributed by atoms with van der Waals surface area (Å²) in [5.41, 5.74) is 5.58. The Kier molecular flexibility index (Phi) is 6.06. The fourth-order valence-corrected chi connectivity index (χ4v) is 1.28. The zero-order valence-electron chi connectivity index (χ0n) is 10.6. The molecule has 6 nitrogen and oxygen atoms in total. The Bertz CT molecular complexity index is 332. The molecule has 0 spiro atoms. The van der Waals surface area contributed by atoms with E-state index >= 15 is 0 Å². The lowest BCUT2D eigenvalue weighted by Crippen LogP contribution is -2.10.